The van der Waals surface area contributed by atoms with Gasteiger partial charge in [-0.05, 0) is 38.8 Å². The van der Waals surface area contributed by atoms with Gasteiger partial charge in [0.1, 0.15) is 5.60 Å². The van der Waals surface area contributed by atoms with Gasteiger partial charge in [0.25, 0.3) is 0 Å². The fourth-order valence-corrected chi connectivity index (χ4v) is 1.65. The Labute approximate surface area is 113 Å². The highest BCUT2D eigenvalue weighted by Gasteiger charge is 2.21. The van der Waals surface area contributed by atoms with Crippen molar-refractivity contribution in [2.45, 2.75) is 39.7 Å². The van der Waals surface area contributed by atoms with Gasteiger partial charge in [0, 0.05) is 0 Å². The van der Waals surface area contributed by atoms with Gasteiger partial charge in [-0.15, -0.1) is 0 Å². The van der Waals surface area contributed by atoms with E-state index in [1.165, 1.54) is 0 Å². The van der Waals surface area contributed by atoms with E-state index in [0.29, 0.717) is 17.5 Å². The lowest BCUT2D eigenvalue weighted by Crippen LogP contribution is -2.25. The molecule has 1 atom stereocenters. The third kappa shape index (κ3) is 4.73. The average molecular weight is 264 g/mol. The van der Waals surface area contributed by atoms with Gasteiger partial charge < -0.3 is 9.84 Å². The maximum Gasteiger partial charge on any atom is 0.338 e. The maximum absolute atomic E-state index is 12.1. The zero-order valence-corrected chi connectivity index (χ0v) is 11.8. The van der Waals surface area contributed by atoms with Crippen LogP contribution in [0.15, 0.2) is 24.3 Å². The summed E-state index contributed by atoms with van der Waals surface area (Å²) in [6, 6.07) is 6.96. The third-order valence-electron chi connectivity index (χ3n) is 2.58. The van der Waals surface area contributed by atoms with Crippen LogP contribution in [0.3, 0.4) is 0 Å². The highest BCUT2D eigenvalue weighted by molar-refractivity contribution is 5.91. The average Bonchev–Trinajstić information content (AvgIpc) is 2.27. The van der Waals surface area contributed by atoms with Crippen LogP contribution in [0.25, 0.3) is 0 Å². The van der Waals surface area contributed by atoms with Crippen molar-refractivity contribution >= 4 is 11.9 Å². The van der Waals surface area contributed by atoms with E-state index in [2.05, 4.69) is 0 Å². The number of ether oxygens (including phenoxy) is 1. The lowest BCUT2D eigenvalue weighted by molar-refractivity contribution is -0.141. The van der Waals surface area contributed by atoms with E-state index in [4.69, 9.17) is 9.84 Å². The highest BCUT2D eigenvalue weighted by Crippen LogP contribution is 2.18. The van der Waals surface area contributed by atoms with Crippen molar-refractivity contribution in [2.24, 2.45) is 5.92 Å². The zero-order valence-electron chi connectivity index (χ0n) is 11.8. The molecule has 4 nitrogen and oxygen atoms in total. The molecule has 1 rings (SSSR count). The fourth-order valence-electron chi connectivity index (χ4n) is 1.65. The number of carbonyl (C=O) groups is 2. The molecule has 0 aromatic heterocycles. The lowest BCUT2D eigenvalue weighted by Gasteiger charge is -2.20. The molecule has 0 fully saturated rings. The van der Waals surface area contributed by atoms with Gasteiger partial charge in [-0.3, -0.25) is 4.79 Å². The monoisotopic (exact) mass is 264 g/mol. The summed E-state index contributed by atoms with van der Waals surface area (Å²) in [4.78, 5) is 23.0. The van der Waals surface area contributed by atoms with Gasteiger partial charge in [0.05, 0.1) is 11.5 Å². The number of hydrogen-bond acceptors (Lipinski definition) is 3. The molecule has 0 saturated heterocycles. The topological polar surface area (TPSA) is 63.6 Å². The number of esters is 1. The van der Waals surface area contributed by atoms with E-state index in [9.17, 15) is 9.59 Å². The molecule has 0 aliphatic rings. The minimum Gasteiger partial charge on any atom is -0.481 e. The molecular weight excluding hydrogens is 244 g/mol. The first-order chi connectivity index (χ1) is 8.70. The number of carboxylic acid groups (broad SMARTS) is 1. The minimum absolute atomic E-state index is 0.310. The van der Waals surface area contributed by atoms with E-state index < -0.39 is 23.5 Å². The maximum atomic E-state index is 12.1. The molecule has 0 heterocycles. The second kappa shape index (κ2) is 5.87. The molecule has 0 radical (unpaired) electrons. The summed E-state index contributed by atoms with van der Waals surface area (Å²) < 4.78 is 5.32. The second-order valence-electron chi connectivity index (χ2n) is 5.60. The summed E-state index contributed by atoms with van der Waals surface area (Å²) in [7, 11) is 0. The molecule has 0 unspecified atom stereocenters. The number of rotatable bonds is 4. The van der Waals surface area contributed by atoms with Gasteiger partial charge in [-0.25, -0.2) is 4.79 Å². The Balaban J connectivity index is 2.96. The molecule has 0 aliphatic carbocycles. The molecule has 1 aromatic carbocycles. The number of carbonyl (C=O) groups excluding carboxylic acids is 1. The Hall–Kier alpha value is -1.84. The van der Waals surface area contributed by atoms with Gasteiger partial charge in [0.15, 0.2) is 0 Å². The Morgan fingerprint density at radius 3 is 2.37 bits per heavy atom. The predicted octanol–water partition coefficient (Wildman–Crippen LogP) is 2.91. The van der Waals surface area contributed by atoms with E-state index >= 15 is 0 Å². The number of hydrogen-bond donors (Lipinski definition) is 1. The van der Waals surface area contributed by atoms with E-state index in [1.54, 1.807) is 52.0 Å². The molecule has 1 N–H and O–H groups in total. The van der Waals surface area contributed by atoms with Gasteiger partial charge in [-0.1, -0.05) is 25.1 Å². The molecule has 1 aromatic rings. The summed E-state index contributed by atoms with van der Waals surface area (Å²) in [5.74, 6) is -1.83. The second-order valence-corrected chi connectivity index (χ2v) is 5.60. The van der Waals surface area contributed by atoms with Crippen LogP contribution >= 0.6 is 0 Å². The molecule has 0 amide bonds. The van der Waals surface area contributed by atoms with E-state index in [1.807, 2.05) is 0 Å². The Kier molecular flexibility index (Phi) is 4.70. The van der Waals surface area contributed by atoms with Gasteiger partial charge in [0.2, 0.25) is 0 Å². The molecule has 104 valence electrons. The number of carboxylic acids is 1. The van der Waals surface area contributed by atoms with Crippen LogP contribution < -0.4 is 0 Å². The van der Waals surface area contributed by atoms with E-state index in [-0.39, 0.29) is 0 Å². The van der Waals surface area contributed by atoms with Crippen LogP contribution in [0.5, 0.6) is 0 Å². The predicted molar refractivity (Wildman–Crippen MR) is 72.1 cm³/mol. The molecule has 0 saturated carbocycles. The molecule has 19 heavy (non-hydrogen) atoms. The van der Waals surface area contributed by atoms with Crippen molar-refractivity contribution in [3.63, 3.8) is 0 Å². The van der Waals surface area contributed by atoms with Crippen LogP contribution in [-0.4, -0.2) is 22.6 Å². The van der Waals surface area contributed by atoms with Crippen LogP contribution in [0.1, 0.15) is 43.6 Å². The Morgan fingerprint density at radius 1 is 1.26 bits per heavy atom. The quantitative estimate of drug-likeness (QED) is 0.849. The Bertz CT molecular complexity index is 471. The summed E-state index contributed by atoms with van der Waals surface area (Å²) in [6.07, 6.45) is 0.310. The van der Waals surface area contributed by atoms with Crippen molar-refractivity contribution in [3.05, 3.63) is 35.4 Å². The summed E-state index contributed by atoms with van der Waals surface area (Å²) in [6.45, 7) is 7.02. The number of aliphatic carboxylic acids is 1. The molecule has 0 aliphatic heterocycles. The molecule has 4 heteroatoms. The number of benzene rings is 1. The standard InChI is InChI=1S/C15H20O4/c1-10(13(16)17)9-11-7-5-6-8-12(11)14(18)19-15(2,3)4/h5-8,10H,9H2,1-4H3,(H,16,17)/t10-/m0/s1. The largest absolute Gasteiger partial charge is 0.481 e. The first-order valence-electron chi connectivity index (χ1n) is 6.25. The fraction of sp³-hybridized carbons (Fsp3) is 0.467. The van der Waals surface area contributed by atoms with Crippen LogP contribution in [0.4, 0.5) is 0 Å². The van der Waals surface area contributed by atoms with Crippen molar-refractivity contribution in [1.29, 1.82) is 0 Å². The van der Waals surface area contributed by atoms with Crippen LogP contribution in [0, 0.1) is 5.92 Å². The van der Waals surface area contributed by atoms with E-state index in [0.717, 1.165) is 0 Å². The summed E-state index contributed by atoms with van der Waals surface area (Å²) in [5.41, 5.74) is 0.569. The normalized spacial score (nSPS) is 12.8. The van der Waals surface area contributed by atoms with Crippen molar-refractivity contribution in [2.75, 3.05) is 0 Å². The zero-order chi connectivity index (χ0) is 14.6. The Morgan fingerprint density at radius 2 is 1.84 bits per heavy atom. The molecule has 0 spiro atoms. The molecule has 0 bridgehead atoms. The van der Waals surface area contributed by atoms with Gasteiger partial charge in [-0.2, -0.15) is 0 Å². The van der Waals surface area contributed by atoms with Gasteiger partial charge >= 0.3 is 11.9 Å². The van der Waals surface area contributed by atoms with Crippen LogP contribution in [0.2, 0.25) is 0 Å². The third-order valence-corrected chi connectivity index (χ3v) is 2.58. The smallest absolute Gasteiger partial charge is 0.338 e. The minimum atomic E-state index is -0.876. The molecular formula is C15H20O4. The summed E-state index contributed by atoms with van der Waals surface area (Å²) in [5, 5.41) is 8.94. The summed E-state index contributed by atoms with van der Waals surface area (Å²) >= 11 is 0. The van der Waals surface area contributed by atoms with Crippen molar-refractivity contribution < 1.29 is 19.4 Å². The van der Waals surface area contributed by atoms with Crippen LogP contribution in [-0.2, 0) is 16.0 Å². The van der Waals surface area contributed by atoms with Crippen molar-refractivity contribution in [3.8, 4) is 0 Å². The first kappa shape index (κ1) is 15.2. The highest BCUT2D eigenvalue weighted by atomic mass is 16.6. The van der Waals surface area contributed by atoms with Crippen molar-refractivity contribution in [1.82, 2.24) is 0 Å². The first-order valence-corrected chi connectivity index (χ1v) is 6.25. The lowest BCUT2D eigenvalue weighted by atomic mass is 9.97. The SMILES string of the molecule is C[C@@H](Cc1ccccc1C(=O)OC(C)(C)C)C(=O)O.